The zero-order valence-electron chi connectivity index (χ0n) is 11.0. The second kappa shape index (κ2) is 6.63. The van der Waals surface area contributed by atoms with Gasteiger partial charge in [-0.05, 0) is 41.4 Å². The number of esters is 1. The standard InChI is InChI=1S/C14H15ClN2O2S/c1-2-19-14(18)11-5-10(16)6-12(15)13(11)17-7-9-3-4-20-8-9/h3-6,8,17H,2,7,16H2,1H3. The van der Waals surface area contributed by atoms with Crippen LogP contribution in [0.1, 0.15) is 22.8 Å². The van der Waals surface area contributed by atoms with Crippen LogP contribution < -0.4 is 11.1 Å². The second-order valence-electron chi connectivity index (χ2n) is 4.13. The van der Waals surface area contributed by atoms with Gasteiger partial charge in [-0.2, -0.15) is 11.3 Å². The minimum Gasteiger partial charge on any atom is -0.462 e. The summed E-state index contributed by atoms with van der Waals surface area (Å²) >= 11 is 7.79. The molecule has 0 unspecified atom stereocenters. The van der Waals surface area contributed by atoms with Crippen LogP contribution in [0.5, 0.6) is 0 Å². The first-order valence-electron chi connectivity index (χ1n) is 6.13. The molecule has 1 aromatic heterocycles. The van der Waals surface area contributed by atoms with Crippen molar-refractivity contribution in [3.63, 3.8) is 0 Å². The van der Waals surface area contributed by atoms with Gasteiger partial charge in [-0.3, -0.25) is 0 Å². The molecule has 0 saturated carbocycles. The minimum absolute atomic E-state index is 0.301. The third kappa shape index (κ3) is 3.43. The monoisotopic (exact) mass is 310 g/mol. The summed E-state index contributed by atoms with van der Waals surface area (Å²) in [6.45, 7) is 2.64. The predicted octanol–water partition coefficient (Wildman–Crippen LogP) is 3.77. The van der Waals surface area contributed by atoms with Crippen LogP contribution in [-0.4, -0.2) is 12.6 Å². The molecule has 0 fully saturated rings. The molecule has 0 atom stereocenters. The van der Waals surface area contributed by atoms with Crippen LogP contribution in [0.2, 0.25) is 5.02 Å². The first-order chi connectivity index (χ1) is 9.61. The molecule has 106 valence electrons. The molecule has 0 aliphatic carbocycles. The number of nitrogens with two attached hydrogens (primary N) is 1. The molecule has 2 aromatic rings. The number of halogens is 1. The molecular weight excluding hydrogens is 296 g/mol. The van der Waals surface area contributed by atoms with Crippen LogP contribution in [0.4, 0.5) is 11.4 Å². The van der Waals surface area contributed by atoms with Crippen molar-refractivity contribution in [2.75, 3.05) is 17.7 Å². The smallest absolute Gasteiger partial charge is 0.340 e. The molecule has 0 amide bonds. The number of rotatable bonds is 5. The van der Waals surface area contributed by atoms with E-state index in [0.717, 1.165) is 5.56 Å². The zero-order valence-corrected chi connectivity index (χ0v) is 12.6. The third-order valence-electron chi connectivity index (χ3n) is 2.66. The third-order valence-corrected chi connectivity index (χ3v) is 3.69. The van der Waals surface area contributed by atoms with Gasteiger partial charge >= 0.3 is 5.97 Å². The maximum Gasteiger partial charge on any atom is 0.340 e. The Hall–Kier alpha value is -1.72. The van der Waals surface area contributed by atoms with E-state index in [4.69, 9.17) is 22.1 Å². The van der Waals surface area contributed by atoms with E-state index in [-0.39, 0.29) is 0 Å². The molecule has 0 saturated heterocycles. The molecule has 0 bridgehead atoms. The van der Waals surface area contributed by atoms with Crippen LogP contribution >= 0.6 is 22.9 Å². The van der Waals surface area contributed by atoms with Crippen molar-refractivity contribution in [1.29, 1.82) is 0 Å². The van der Waals surface area contributed by atoms with Crippen LogP contribution in [-0.2, 0) is 11.3 Å². The quantitative estimate of drug-likeness (QED) is 0.651. The van der Waals surface area contributed by atoms with Crippen molar-refractivity contribution in [1.82, 2.24) is 0 Å². The number of carbonyl (C=O) groups excluding carboxylic acids is 1. The summed E-state index contributed by atoms with van der Waals surface area (Å²) < 4.78 is 5.02. The van der Waals surface area contributed by atoms with Gasteiger partial charge in [0.05, 0.1) is 22.9 Å². The Bertz CT molecular complexity index is 599. The Morgan fingerprint density at radius 3 is 2.95 bits per heavy atom. The van der Waals surface area contributed by atoms with Gasteiger partial charge in [0, 0.05) is 12.2 Å². The first kappa shape index (κ1) is 14.7. The lowest BCUT2D eigenvalue weighted by Crippen LogP contribution is -2.11. The molecule has 6 heteroatoms. The van der Waals surface area contributed by atoms with E-state index >= 15 is 0 Å². The molecule has 1 heterocycles. The number of thiophene rings is 1. The lowest BCUT2D eigenvalue weighted by molar-refractivity contribution is 0.0527. The fourth-order valence-corrected chi connectivity index (χ4v) is 2.72. The summed E-state index contributed by atoms with van der Waals surface area (Å²) in [6, 6.07) is 5.19. The number of anilines is 2. The van der Waals surface area contributed by atoms with Crippen molar-refractivity contribution < 1.29 is 9.53 Å². The SMILES string of the molecule is CCOC(=O)c1cc(N)cc(Cl)c1NCc1ccsc1. The Labute approximate surface area is 126 Å². The van der Waals surface area contributed by atoms with Gasteiger partial charge in [0.25, 0.3) is 0 Å². The van der Waals surface area contributed by atoms with Gasteiger partial charge in [-0.25, -0.2) is 4.79 Å². The van der Waals surface area contributed by atoms with Crippen LogP contribution in [0, 0.1) is 0 Å². The molecule has 0 radical (unpaired) electrons. The van der Waals surface area contributed by atoms with E-state index in [9.17, 15) is 4.79 Å². The number of carbonyl (C=O) groups is 1. The fourth-order valence-electron chi connectivity index (χ4n) is 1.76. The lowest BCUT2D eigenvalue weighted by atomic mass is 10.1. The van der Waals surface area contributed by atoms with E-state index in [1.54, 1.807) is 30.4 Å². The second-order valence-corrected chi connectivity index (χ2v) is 5.32. The summed E-state index contributed by atoms with van der Waals surface area (Å²) in [4.78, 5) is 12.0. The number of nitrogens with one attached hydrogen (secondary N) is 1. The van der Waals surface area contributed by atoms with E-state index in [0.29, 0.717) is 35.1 Å². The molecule has 1 aromatic carbocycles. The normalized spacial score (nSPS) is 10.3. The summed E-state index contributed by atoms with van der Waals surface area (Å²) in [5.41, 5.74) is 8.19. The van der Waals surface area contributed by atoms with Gasteiger partial charge in [0.2, 0.25) is 0 Å². The topological polar surface area (TPSA) is 64.3 Å². The Morgan fingerprint density at radius 2 is 2.30 bits per heavy atom. The summed E-state index contributed by atoms with van der Waals surface area (Å²) in [5.74, 6) is -0.436. The van der Waals surface area contributed by atoms with Crippen molar-refractivity contribution in [2.24, 2.45) is 0 Å². The van der Waals surface area contributed by atoms with Crippen LogP contribution in [0.25, 0.3) is 0 Å². The average molecular weight is 311 g/mol. The highest BCUT2D eigenvalue weighted by Gasteiger charge is 2.16. The highest BCUT2D eigenvalue weighted by Crippen LogP contribution is 2.30. The molecular formula is C14H15ClN2O2S. The highest BCUT2D eigenvalue weighted by atomic mass is 35.5. The molecule has 0 spiro atoms. The lowest BCUT2D eigenvalue weighted by Gasteiger charge is -2.13. The van der Waals surface area contributed by atoms with Gasteiger partial charge in [0.1, 0.15) is 0 Å². The summed E-state index contributed by atoms with van der Waals surface area (Å²) in [5, 5.41) is 7.60. The maximum atomic E-state index is 12.0. The molecule has 3 N–H and O–H groups in total. The van der Waals surface area contributed by atoms with Crippen molar-refractivity contribution in [2.45, 2.75) is 13.5 Å². The van der Waals surface area contributed by atoms with Gasteiger partial charge in [-0.15, -0.1) is 0 Å². The average Bonchev–Trinajstić information content (AvgIpc) is 2.90. The molecule has 4 nitrogen and oxygen atoms in total. The van der Waals surface area contributed by atoms with Crippen molar-refractivity contribution >= 4 is 40.3 Å². The van der Waals surface area contributed by atoms with Gasteiger partial charge in [-0.1, -0.05) is 11.6 Å². The zero-order chi connectivity index (χ0) is 14.5. The summed E-state index contributed by atoms with van der Waals surface area (Å²) in [6.07, 6.45) is 0. The molecule has 20 heavy (non-hydrogen) atoms. The largest absolute Gasteiger partial charge is 0.462 e. The van der Waals surface area contributed by atoms with E-state index in [2.05, 4.69) is 5.32 Å². The number of ether oxygens (including phenoxy) is 1. The van der Waals surface area contributed by atoms with Crippen molar-refractivity contribution in [3.8, 4) is 0 Å². The number of nitrogen functional groups attached to an aromatic ring is 1. The number of hydrogen-bond acceptors (Lipinski definition) is 5. The highest BCUT2D eigenvalue weighted by molar-refractivity contribution is 7.07. The molecule has 2 rings (SSSR count). The Kier molecular flexibility index (Phi) is 4.87. The van der Waals surface area contributed by atoms with Gasteiger partial charge in [0.15, 0.2) is 0 Å². The van der Waals surface area contributed by atoms with E-state index in [1.807, 2.05) is 16.8 Å². The van der Waals surface area contributed by atoms with Crippen LogP contribution in [0.3, 0.4) is 0 Å². The minimum atomic E-state index is -0.436. The number of hydrogen-bond donors (Lipinski definition) is 2. The summed E-state index contributed by atoms with van der Waals surface area (Å²) in [7, 11) is 0. The molecule has 0 aliphatic heterocycles. The van der Waals surface area contributed by atoms with Gasteiger partial charge < -0.3 is 15.8 Å². The molecule has 0 aliphatic rings. The Morgan fingerprint density at radius 1 is 1.50 bits per heavy atom. The maximum absolute atomic E-state index is 12.0. The van der Waals surface area contributed by atoms with E-state index < -0.39 is 5.97 Å². The van der Waals surface area contributed by atoms with Crippen LogP contribution in [0.15, 0.2) is 29.0 Å². The predicted molar refractivity (Wildman–Crippen MR) is 83.5 cm³/mol. The fraction of sp³-hybridized carbons (Fsp3) is 0.214. The Balaban J connectivity index is 2.27. The number of benzene rings is 1. The van der Waals surface area contributed by atoms with Crippen molar-refractivity contribution in [3.05, 3.63) is 45.1 Å². The van der Waals surface area contributed by atoms with E-state index in [1.165, 1.54) is 0 Å². The first-order valence-corrected chi connectivity index (χ1v) is 7.45.